The van der Waals surface area contributed by atoms with Gasteiger partial charge >= 0.3 is 0 Å². The Balaban J connectivity index is 1.92. The molecule has 0 amide bonds. The number of thioether (sulfide) groups is 1. The maximum absolute atomic E-state index is 5.89. The van der Waals surface area contributed by atoms with Crippen LogP contribution in [-0.2, 0) is 12.3 Å². The van der Waals surface area contributed by atoms with Gasteiger partial charge in [-0.1, -0.05) is 17.7 Å². The third-order valence-corrected chi connectivity index (χ3v) is 4.40. The molecule has 114 valence electrons. The van der Waals surface area contributed by atoms with Crippen LogP contribution < -0.4 is 5.32 Å². The molecule has 1 aromatic carbocycles. The van der Waals surface area contributed by atoms with Gasteiger partial charge in [-0.25, -0.2) is 0 Å². The molecule has 0 unspecified atom stereocenters. The maximum atomic E-state index is 5.89. The summed E-state index contributed by atoms with van der Waals surface area (Å²) in [6.07, 6.45) is 0. The van der Waals surface area contributed by atoms with Crippen molar-refractivity contribution in [2.75, 3.05) is 0 Å². The quantitative estimate of drug-likeness (QED) is 0.780. The number of furan rings is 1. The molecule has 2 nitrogen and oxygen atoms in total. The molecule has 0 fully saturated rings. The second-order valence-corrected chi connectivity index (χ2v) is 7.55. The van der Waals surface area contributed by atoms with Crippen molar-refractivity contribution in [1.82, 2.24) is 5.32 Å². The van der Waals surface area contributed by atoms with E-state index in [1.165, 1.54) is 16.0 Å². The van der Waals surface area contributed by atoms with Crippen molar-refractivity contribution in [2.45, 2.75) is 57.4 Å². The maximum Gasteiger partial charge on any atom is 0.118 e. The summed E-state index contributed by atoms with van der Waals surface area (Å²) in [5.41, 5.74) is 2.74. The van der Waals surface area contributed by atoms with Crippen molar-refractivity contribution < 1.29 is 4.42 Å². The molecule has 0 bridgehead atoms. The molecule has 21 heavy (non-hydrogen) atoms. The fraction of sp³-hybridized carbons (Fsp3) is 0.444. The minimum Gasteiger partial charge on any atom is -0.464 e. The van der Waals surface area contributed by atoms with Crippen LogP contribution in [0.2, 0.25) is 0 Å². The lowest BCUT2D eigenvalue weighted by Gasteiger charge is -2.19. The smallest absolute Gasteiger partial charge is 0.118 e. The summed E-state index contributed by atoms with van der Waals surface area (Å²) in [4.78, 5) is 1.33. The lowest BCUT2D eigenvalue weighted by atomic mass is 10.1. The first kappa shape index (κ1) is 16.2. The molecular weight excluding hydrogens is 278 g/mol. The second kappa shape index (κ2) is 6.71. The molecule has 0 aliphatic carbocycles. The minimum absolute atomic E-state index is 0.111. The first-order valence-corrected chi connectivity index (χ1v) is 8.35. The van der Waals surface area contributed by atoms with Crippen molar-refractivity contribution in [2.24, 2.45) is 0 Å². The predicted octanol–water partition coefficient (Wildman–Crippen LogP) is 5.08. The van der Waals surface area contributed by atoms with Crippen LogP contribution in [0.4, 0.5) is 0 Å². The van der Waals surface area contributed by atoms with Crippen LogP contribution >= 0.6 is 11.8 Å². The molecule has 1 heterocycles. The molecule has 0 atom stereocenters. The largest absolute Gasteiger partial charge is 0.464 e. The molecule has 0 saturated carbocycles. The molecule has 1 aromatic heterocycles. The summed E-state index contributed by atoms with van der Waals surface area (Å²) in [5.74, 6) is 2.91. The van der Waals surface area contributed by atoms with Crippen LogP contribution in [0, 0.1) is 13.8 Å². The lowest BCUT2D eigenvalue weighted by Crippen LogP contribution is -2.34. The summed E-state index contributed by atoms with van der Waals surface area (Å²) < 4.78 is 5.89. The second-order valence-electron chi connectivity index (χ2n) is 6.53. The highest BCUT2D eigenvalue weighted by Gasteiger charge is 2.10. The van der Waals surface area contributed by atoms with E-state index in [9.17, 15) is 0 Å². The zero-order valence-electron chi connectivity index (χ0n) is 13.6. The molecule has 0 saturated heterocycles. The van der Waals surface area contributed by atoms with Crippen molar-refractivity contribution >= 4 is 11.8 Å². The summed E-state index contributed by atoms with van der Waals surface area (Å²) >= 11 is 1.84. The highest BCUT2D eigenvalue weighted by atomic mass is 32.2. The summed E-state index contributed by atoms with van der Waals surface area (Å²) in [5, 5.41) is 3.44. The molecule has 0 aliphatic rings. The Kier molecular flexibility index (Phi) is 5.17. The van der Waals surface area contributed by atoms with Gasteiger partial charge in [-0.15, -0.1) is 11.8 Å². The van der Waals surface area contributed by atoms with Gasteiger partial charge in [-0.2, -0.15) is 0 Å². The lowest BCUT2D eigenvalue weighted by molar-refractivity contribution is 0.382. The fourth-order valence-electron chi connectivity index (χ4n) is 1.96. The van der Waals surface area contributed by atoms with Crippen LogP contribution in [0.3, 0.4) is 0 Å². The standard InChI is InChI=1S/C18H25NOS/c1-13-6-7-14(2)17(10-13)21-12-16-9-8-15(20-16)11-19-18(3,4)5/h6-10,19H,11-12H2,1-5H3. The Morgan fingerprint density at radius 3 is 2.48 bits per heavy atom. The van der Waals surface area contributed by atoms with Crippen LogP contribution in [-0.4, -0.2) is 5.54 Å². The normalized spacial score (nSPS) is 11.9. The van der Waals surface area contributed by atoms with Gasteiger partial charge in [0.1, 0.15) is 11.5 Å². The Hall–Kier alpha value is -1.19. The number of hydrogen-bond donors (Lipinski definition) is 1. The Morgan fingerprint density at radius 2 is 1.76 bits per heavy atom. The van der Waals surface area contributed by atoms with E-state index in [0.29, 0.717) is 0 Å². The van der Waals surface area contributed by atoms with E-state index in [4.69, 9.17) is 4.42 Å². The van der Waals surface area contributed by atoms with Gasteiger partial charge in [0.2, 0.25) is 0 Å². The van der Waals surface area contributed by atoms with Crippen LogP contribution in [0.5, 0.6) is 0 Å². The number of aryl methyl sites for hydroxylation is 2. The number of nitrogens with one attached hydrogen (secondary N) is 1. The van der Waals surface area contributed by atoms with Crippen LogP contribution in [0.1, 0.15) is 43.4 Å². The first-order chi connectivity index (χ1) is 9.83. The topological polar surface area (TPSA) is 25.2 Å². The van der Waals surface area contributed by atoms with Gasteiger partial charge in [0, 0.05) is 10.4 Å². The van der Waals surface area contributed by atoms with Crippen LogP contribution in [0.25, 0.3) is 0 Å². The fourth-order valence-corrected chi connectivity index (χ4v) is 2.98. The van der Waals surface area contributed by atoms with E-state index in [-0.39, 0.29) is 5.54 Å². The van der Waals surface area contributed by atoms with Gasteiger partial charge in [0.25, 0.3) is 0 Å². The number of hydrogen-bond acceptors (Lipinski definition) is 3. The monoisotopic (exact) mass is 303 g/mol. The average molecular weight is 303 g/mol. The summed E-state index contributed by atoms with van der Waals surface area (Å²) in [6.45, 7) is 11.5. The SMILES string of the molecule is Cc1ccc(C)c(SCc2ccc(CNC(C)(C)C)o2)c1. The van der Waals surface area contributed by atoms with E-state index in [2.05, 4.69) is 70.3 Å². The van der Waals surface area contributed by atoms with E-state index in [1.54, 1.807) is 0 Å². The molecular formula is C18H25NOS. The molecule has 1 N–H and O–H groups in total. The van der Waals surface area contributed by atoms with E-state index in [0.717, 1.165) is 23.8 Å². The molecule has 2 aromatic rings. The number of rotatable bonds is 5. The Morgan fingerprint density at radius 1 is 1.05 bits per heavy atom. The van der Waals surface area contributed by atoms with Gasteiger partial charge in [-0.3, -0.25) is 0 Å². The zero-order valence-corrected chi connectivity index (χ0v) is 14.4. The zero-order chi connectivity index (χ0) is 15.5. The van der Waals surface area contributed by atoms with Crippen molar-refractivity contribution in [3.05, 3.63) is 53.0 Å². The molecule has 0 radical (unpaired) electrons. The van der Waals surface area contributed by atoms with Crippen molar-refractivity contribution in [3.63, 3.8) is 0 Å². The average Bonchev–Trinajstić information content (AvgIpc) is 2.85. The molecule has 0 aliphatic heterocycles. The molecule has 3 heteroatoms. The third kappa shape index (κ3) is 5.25. The van der Waals surface area contributed by atoms with E-state index in [1.807, 2.05) is 11.8 Å². The highest BCUT2D eigenvalue weighted by molar-refractivity contribution is 7.98. The van der Waals surface area contributed by atoms with Gasteiger partial charge < -0.3 is 9.73 Å². The van der Waals surface area contributed by atoms with Gasteiger partial charge in [0.05, 0.1) is 12.3 Å². The Bertz CT molecular complexity index is 596. The third-order valence-electron chi connectivity index (χ3n) is 3.22. The van der Waals surface area contributed by atoms with E-state index >= 15 is 0 Å². The predicted molar refractivity (Wildman–Crippen MR) is 90.8 cm³/mol. The van der Waals surface area contributed by atoms with Gasteiger partial charge in [0.15, 0.2) is 0 Å². The van der Waals surface area contributed by atoms with Crippen molar-refractivity contribution in [1.29, 1.82) is 0 Å². The Labute approximate surface area is 132 Å². The van der Waals surface area contributed by atoms with Crippen LogP contribution in [0.15, 0.2) is 39.6 Å². The highest BCUT2D eigenvalue weighted by Crippen LogP contribution is 2.27. The van der Waals surface area contributed by atoms with Gasteiger partial charge in [-0.05, 0) is 58.4 Å². The first-order valence-electron chi connectivity index (χ1n) is 7.36. The molecule has 2 rings (SSSR count). The summed E-state index contributed by atoms with van der Waals surface area (Å²) in [7, 11) is 0. The summed E-state index contributed by atoms with van der Waals surface area (Å²) in [6, 6.07) is 10.7. The van der Waals surface area contributed by atoms with E-state index < -0.39 is 0 Å². The number of benzene rings is 1. The minimum atomic E-state index is 0.111. The molecule has 0 spiro atoms. The van der Waals surface area contributed by atoms with Crippen molar-refractivity contribution in [3.8, 4) is 0 Å².